The van der Waals surface area contributed by atoms with Crippen molar-refractivity contribution in [3.05, 3.63) is 40.9 Å². The van der Waals surface area contributed by atoms with Gasteiger partial charge in [-0.15, -0.1) is 0 Å². The first-order chi connectivity index (χ1) is 10.2. The number of nitrogens with zero attached hydrogens (tertiary/aromatic N) is 2. The standard InChI is InChI=1S/C17H21ClN2O/c1-2-17(21)19-11-14-10-15(12-19)20(14)9-5-7-13-6-3-4-8-16(13)18/h3-8,14-15H,2,9-12H2,1H3/b7-5+. The Morgan fingerprint density at radius 1 is 1.33 bits per heavy atom. The molecule has 3 heterocycles. The van der Waals surface area contributed by atoms with Gasteiger partial charge in [0, 0.05) is 43.2 Å². The lowest BCUT2D eigenvalue weighted by molar-refractivity contribution is -0.142. The molecule has 1 amide bonds. The molecule has 3 saturated heterocycles. The third-order valence-electron chi connectivity index (χ3n) is 4.52. The van der Waals surface area contributed by atoms with Gasteiger partial charge in [-0.05, 0) is 18.1 Å². The van der Waals surface area contributed by atoms with Crippen molar-refractivity contribution in [3.8, 4) is 0 Å². The quantitative estimate of drug-likeness (QED) is 0.853. The van der Waals surface area contributed by atoms with E-state index in [1.54, 1.807) is 0 Å². The van der Waals surface area contributed by atoms with E-state index in [4.69, 9.17) is 11.6 Å². The van der Waals surface area contributed by atoms with Crippen molar-refractivity contribution in [1.82, 2.24) is 9.80 Å². The summed E-state index contributed by atoms with van der Waals surface area (Å²) in [6.07, 6.45) is 6.11. The van der Waals surface area contributed by atoms with Gasteiger partial charge in [-0.2, -0.15) is 0 Å². The minimum Gasteiger partial charge on any atom is -0.340 e. The van der Waals surface area contributed by atoms with Gasteiger partial charge < -0.3 is 4.90 Å². The van der Waals surface area contributed by atoms with Gasteiger partial charge in [-0.3, -0.25) is 9.69 Å². The molecule has 2 bridgehead atoms. The number of benzene rings is 1. The third kappa shape index (κ3) is 2.99. The van der Waals surface area contributed by atoms with Crippen LogP contribution in [0, 0.1) is 0 Å². The van der Waals surface area contributed by atoms with Gasteiger partial charge in [0.25, 0.3) is 0 Å². The lowest BCUT2D eigenvalue weighted by Gasteiger charge is -2.56. The maximum absolute atomic E-state index is 11.8. The Hall–Kier alpha value is -1.32. The van der Waals surface area contributed by atoms with Crippen molar-refractivity contribution in [1.29, 1.82) is 0 Å². The van der Waals surface area contributed by atoms with Gasteiger partial charge in [-0.1, -0.05) is 48.9 Å². The first-order valence-electron chi connectivity index (χ1n) is 7.63. The van der Waals surface area contributed by atoms with Crippen LogP contribution in [0.15, 0.2) is 30.3 Å². The Labute approximate surface area is 131 Å². The van der Waals surface area contributed by atoms with E-state index in [2.05, 4.69) is 17.1 Å². The van der Waals surface area contributed by atoms with Gasteiger partial charge in [0.2, 0.25) is 5.91 Å². The molecule has 3 aliphatic heterocycles. The van der Waals surface area contributed by atoms with Crippen LogP contribution in [0.2, 0.25) is 5.02 Å². The molecule has 0 aromatic heterocycles. The molecular weight excluding hydrogens is 284 g/mol. The molecule has 3 nitrogen and oxygen atoms in total. The van der Waals surface area contributed by atoms with Gasteiger partial charge >= 0.3 is 0 Å². The summed E-state index contributed by atoms with van der Waals surface area (Å²) >= 11 is 6.14. The van der Waals surface area contributed by atoms with E-state index in [1.807, 2.05) is 36.1 Å². The number of fused-ring (bicyclic) bond motifs is 2. The van der Waals surface area contributed by atoms with E-state index in [0.717, 1.165) is 30.2 Å². The third-order valence-corrected chi connectivity index (χ3v) is 4.86. The second-order valence-electron chi connectivity index (χ2n) is 5.82. The Balaban J connectivity index is 1.55. The minimum absolute atomic E-state index is 0.288. The van der Waals surface area contributed by atoms with Crippen molar-refractivity contribution >= 4 is 23.6 Å². The molecule has 2 unspecified atom stereocenters. The zero-order chi connectivity index (χ0) is 14.8. The van der Waals surface area contributed by atoms with E-state index < -0.39 is 0 Å². The molecule has 0 spiro atoms. The van der Waals surface area contributed by atoms with E-state index in [1.165, 1.54) is 6.42 Å². The van der Waals surface area contributed by atoms with Crippen molar-refractivity contribution in [2.24, 2.45) is 0 Å². The SMILES string of the molecule is CCC(=O)N1CC2CC(C1)N2C/C=C/c1ccccc1Cl. The molecule has 4 rings (SSSR count). The van der Waals surface area contributed by atoms with Gasteiger partial charge in [0.05, 0.1) is 0 Å². The summed E-state index contributed by atoms with van der Waals surface area (Å²) in [5.41, 5.74) is 1.06. The zero-order valence-corrected chi connectivity index (χ0v) is 13.1. The molecule has 0 saturated carbocycles. The fourth-order valence-electron chi connectivity index (χ4n) is 3.32. The molecule has 1 aromatic rings. The van der Waals surface area contributed by atoms with Crippen molar-refractivity contribution in [2.45, 2.75) is 31.8 Å². The molecule has 0 aliphatic carbocycles. The van der Waals surface area contributed by atoms with Crippen LogP contribution < -0.4 is 0 Å². The fourth-order valence-corrected chi connectivity index (χ4v) is 3.52. The number of carbonyl (C=O) groups is 1. The Bertz CT molecular complexity index is 545. The lowest BCUT2D eigenvalue weighted by atomic mass is 9.87. The number of hydrogen-bond acceptors (Lipinski definition) is 2. The summed E-state index contributed by atoms with van der Waals surface area (Å²) in [5, 5.41) is 0.789. The van der Waals surface area contributed by atoms with Crippen LogP contribution in [0.25, 0.3) is 6.08 Å². The van der Waals surface area contributed by atoms with Crippen LogP contribution >= 0.6 is 11.6 Å². The van der Waals surface area contributed by atoms with Crippen molar-refractivity contribution in [2.75, 3.05) is 19.6 Å². The minimum atomic E-state index is 0.288. The second-order valence-corrected chi connectivity index (χ2v) is 6.22. The van der Waals surface area contributed by atoms with Gasteiger partial charge in [0.15, 0.2) is 0 Å². The van der Waals surface area contributed by atoms with Gasteiger partial charge in [0.1, 0.15) is 0 Å². The van der Waals surface area contributed by atoms with E-state index in [-0.39, 0.29) is 5.91 Å². The average molecular weight is 305 g/mol. The average Bonchev–Trinajstić information content (AvgIpc) is 2.52. The first kappa shape index (κ1) is 14.6. The molecule has 4 heteroatoms. The molecule has 3 aliphatic rings. The molecule has 2 atom stereocenters. The normalized spacial score (nSPS) is 25.1. The molecule has 0 N–H and O–H groups in total. The molecule has 0 radical (unpaired) electrons. The monoisotopic (exact) mass is 304 g/mol. The van der Waals surface area contributed by atoms with Crippen molar-refractivity contribution < 1.29 is 4.79 Å². The molecular formula is C17H21ClN2O. The largest absolute Gasteiger partial charge is 0.340 e. The number of rotatable bonds is 4. The summed E-state index contributed by atoms with van der Waals surface area (Å²) in [4.78, 5) is 16.3. The Kier molecular flexibility index (Phi) is 4.32. The Morgan fingerprint density at radius 3 is 2.71 bits per heavy atom. The summed E-state index contributed by atoms with van der Waals surface area (Å²) in [7, 11) is 0. The number of piperidine rings is 1. The van der Waals surface area contributed by atoms with Crippen LogP contribution in [0.4, 0.5) is 0 Å². The van der Waals surface area contributed by atoms with Crippen LogP contribution in [0.3, 0.4) is 0 Å². The highest BCUT2D eigenvalue weighted by molar-refractivity contribution is 6.32. The fraction of sp³-hybridized carbons (Fsp3) is 0.471. The zero-order valence-electron chi connectivity index (χ0n) is 12.3. The first-order valence-corrected chi connectivity index (χ1v) is 8.01. The van der Waals surface area contributed by atoms with E-state index in [9.17, 15) is 4.79 Å². The van der Waals surface area contributed by atoms with Crippen LogP contribution in [-0.4, -0.2) is 47.4 Å². The predicted molar refractivity (Wildman–Crippen MR) is 86.3 cm³/mol. The summed E-state index contributed by atoms with van der Waals surface area (Å²) < 4.78 is 0. The highest BCUT2D eigenvalue weighted by Gasteiger charge is 2.44. The van der Waals surface area contributed by atoms with E-state index in [0.29, 0.717) is 18.5 Å². The van der Waals surface area contributed by atoms with Crippen molar-refractivity contribution in [3.63, 3.8) is 0 Å². The maximum atomic E-state index is 11.8. The predicted octanol–water partition coefficient (Wildman–Crippen LogP) is 3.05. The lowest BCUT2D eigenvalue weighted by Crippen LogP contribution is -2.69. The summed E-state index contributed by atoms with van der Waals surface area (Å²) in [5.74, 6) is 0.288. The second kappa shape index (κ2) is 6.20. The van der Waals surface area contributed by atoms with Crippen LogP contribution in [-0.2, 0) is 4.79 Å². The van der Waals surface area contributed by atoms with Crippen LogP contribution in [0.1, 0.15) is 25.3 Å². The van der Waals surface area contributed by atoms with Gasteiger partial charge in [-0.25, -0.2) is 0 Å². The number of carbonyl (C=O) groups excluding carboxylic acids is 1. The maximum Gasteiger partial charge on any atom is 0.222 e. The molecule has 3 fully saturated rings. The summed E-state index contributed by atoms with van der Waals surface area (Å²) in [6, 6.07) is 8.95. The Morgan fingerprint density at radius 2 is 2.05 bits per heavy atom. The summed E-state index contributed by atoms with van der Waals surface area (Å²) in [6.45, 7) is 4.66. The topological polar surface area (TPSA) is 23.6 Å². The molecule has 112 valence electrons. The molecule has 21 heavy (non-hydrogen) atoms. The number of hydrogen-bond donors (Lipinski definition) is 0. The highest BCUT2D eigenvalue weighted by atomic mass is 35.5. The number of amides is 1. The smallest absolute Gasteiger partial charge is 0.222 e. The molecule has 1 aromatic carbocycles. The highest BCUT2D eigenvalue weighted by Crippen LogP contribution is 2.32. The van der Waals surface area contributed by atoms with Crippen LogP contribution in [0.5, 0.6) is 0 Å². The number of piperazine rings is 1. The van der Waals surface area contributed by atoms with E-state index >= 15 is 0 Å². The number of halogens is 1.